The minimum absolute atomic E-state index is 0.00211. The molecule has 208 valence electrons. The molecule has 1 amide bonds. The van der Waals surface area contributed by atoms with Crippen molar-refractivity contribution in [1.29, 1.82) is 0 Å². The molecule has 12 heteroatoms. The van der Waals surface area contributed by atoms with Crippen molar-refractivity contribution >= 4 is 68.2 Å². The Bertz CT molecular complexity index is 1790. The molecule has 0 aliphatic carbocycles. The number of carbonyl (C=O) groups is 1. The molecule has 1 N–H and O–H groups in total. The van der Waals surface area contributed by atoms with Crippen molar-refractivity contribution in [3.8, 4) is 5.75 Å². The molecule has 1 heterocycles. The van der Waals surface area contributed by atoms with Crippen molar-refractivity contribution < 1.29 is 22.9 Å². The number of halogens is 2. The molecule has 4 aromatic carbocycles. The highest BCUT2D eigenvalue weighted by Gasteiger charge is 2.26. The van der Waals surface area contributed by atoms with Crippen molar-refractivity contribution in [2.24, 2.45) is 0 Å². The lowest BCUT2D eigenvalue weighted by atomic mass is 10.1. The number of benzene rings is 4. The van der Waals surface area contributed by atoms with Gasteiger partial charge in [0.1, 0.15) is 6.61 Å². The number of amides is 1. The van der Waals surface area contributed by atoms with E-state index >= 15 is 0 Å². The van der Waals surface area contributed by atoms with Crippen LogP contribution in [0.3, 0.4) is 0 Å². The summed E-state index contributed by atoms with van der Waals surface area (Å²) in [4.78, 5) is 25.0. The van der Waals surface area contributed by atoms with Gasteiger partial charge >= 0.3 is 5.69 Å². The van der Waals surface area contributed by atoms with Crippen LogP contribution in [0.2, 0.25) is 10.0 Å². The van der Waals surface area contributed by atoms with Gasteiger partial charge in [0.25, 0.3) is 5.91 Å². The fourth-order valence-corrected chi connectivity index (χ4v) is 7.10. The Morgan fingerprint density at radius 3 is 2.39 bits per heavy atom. The second kappa shape index (κ2) is 12.0. The van der Waals surface area contributed by atoms with Crippen molar-refractivity contribution in [3.05, 3.63) is 127 Å². The van der Waals surface area contributed by atoms with Crippen LogP contribution in [0.4, 0.5) is 11.4 Å². The Labute approximate surface area is 250 Å². The predicted octanol–water partition coefficient (Wildman–Crippen LogP) is 7.54. The predicted molar refractivity (Wildman–Crippen MR) is 160 cm³/mol. The van der Waals surface area contributed by atoms with E-state index in [2.05, 4.69) is 5.32 Å². The molecule has 41 heavy (non-hydrogen) atoms. The van der Waals surface area contributed by atoms with Crippen LogP contribution < -0.4 is 10.1 Å². The lowest BCUT2D eigenvalue weighted by Crippen LogP contribution is -2.18. The molecule has 5 rings (SSSR count). The molecule has 0 radical (unpaired) electrons. The summed E-state index contributed by atoms with van der Waals surface area (Å²) in [6.45, 7) is 0.167. The van der Waals surface area contributed by atoms with Crippen LogP contribution in [0.25, 0.3) is 6.08 Å². The number of nitrogens with one attached hydrogen (secondary N) is 1. The molecule has 0 bridgehead atoms. The van der Waals surface area contributed by atoms with Crippen LogP contribution >= 0.6 is 35.0 Å². The third-order valence-corrected chi connectivity index (χ3v) is 9.56. The number of carbonyl (C=O) groups excluding carboxylic acids is 1. The number of nitro benzene ring substituents is 1. The van der Waals surface area contributed by atoms with Gasteiger partial charge in [-0.05, 0) is 53.6 Å². The highest BCUT2D eigenvalue weighted by atomic mass is 35.5. The maximum absolute atomic E-state index is 13.1. The molecule has 0 spiro atoms. The molecule has 1 aliphatic rings. The lowest BCUT2D eigenvalue weighted by Gasteiger charge is -2.19. The maximum atomic E-state index is 13.1. The summed E-state index contributed by atoms with van der Waals surface area (Å²) in [5.41, 5.74) is 1.69. The van der Waals surface area contributed by atoms with E-state index in [9.17, 15) is 23.3 Å². The number of nitrogens with zero attached hydrogens (tertiary/aromatic N) is 1. The first kappa shape index (κ1) is 28.7. The van der Waals surface area contributed by atoms with Crippen LogP contribution in [-0.2, 0) is 27.0 Å². The van der Waals surface area contributed by atoms with Gasteiger partial charge in [0, 0.05) is 26.6 Å². The molecule has 0 unspecified atom stereocenters. The smallest absolute Gasteiger partial charge is 0.311 e. The Kier molecular flexibility index (Phi) is 8.37. The maximum Gasteiger partial charge on any atom is 0.311 e. The van der Waals surface area contributed by atoms with Gasteiger partial charge in [0.2, 0.25) is 0 Å². The Morgan fingerprint density at radius 1 is 0.951 bits per heavy atom. The summed E-state index contributed by atoms with van der Waals surface area (Å²) in [6.07, 6.45) is 1.53. The first-order valence-electron chi connectivity index (χ1n) is 12.1. The summed E-state index contributed by atoms with van der Waals surface area (Å²) in [5, 5.41) is 14.9. The van der Waals surface area contributed by atoms with Gasteiger partial charge in [-0.15, -0.1) is 0 Å². The molecule has 0 aromatic heterocycles. The number of thioether (sulfide) groups is 1. The summed E-state index contributed by atoms with van der Waals surface area (Å²) < 4.78 is 31.9. The third-order valence-electron chi connectivity index (χ3n) is 6.11. The summed E-state index contributed by atoms with van der Waals surface area (Å²) in [6, 6.07) is 22.9. The number of nitro groups is 1. The highest BCUT2D eigenvalue weighted by Crippen LogP contribution is 2.41. The number of ether oxygens (including phenoxy) is 1. The number of hydrogen-bond donors (Lipinski definition) is 1. The fourth-order valence-electron chi connectivity index (χ4n) is 4.05. The number of anilines is 1. The van der Waals surface area contributed by atoms with Crippen LogP contribution in [0, 0.1) is 10.1 Å². The number of hydrogen-bond acceptors (Lipinski definition) is 7. The largest absolute Gasteiger partial charge is 0.482 e. The minimum atomic E-state index is -3.83. The number of sulfone groups is 1. The van der Waals surface area contributed by atoms with E-state index in [1.807, 2.05) is 30.3 Å². The second-order valence-electron chi connectivity index (χ2n) is 8.94. The van der Waals surface area contributed by atoms with Crippen LogP contribution in [0.5, 0.6) is 5.75 Å². The zero-order valence-corrected chi connectivity index (χ0v) is 24.2. The van der Waals surface area contributed by atoms with E-state index in [-0.39, 0.29) is 37.9 Å². The van der Waals surface area contributed by atoms with Crippen LogP contribution in [-0.4, -0.2) is 19.2 Å². The average molecular weight is 628 g/mol. The van der Waals surface area contributed by atoms with Gasteiger partial charge in [-0.25, -0.2) is 8.42 Å². The Balaban J connectivity index is 1.36. The number of fused-ring (bicyclic) bond motifs is 1. The van der Waals surface area contributed by atoms with E-state index < -0.39 is 26.4 Å². The standard InChI is InChI=1S/C29H20Cl2N2O6S2/c30-22-7-4-8-23(31)21(22)17-41(37,38)20-10-12-27-24(15-20)32-29(34)28(40-27)14-19-9-11-26(25(13-19)33(35)36)39-16-18-5-2-1-3-6-18/h1-15H,16-17H2,(H,32,34). The lowest BCUT2D eigenvalue weighted by molar-refractivity contribution is -0.386. The molecule has 0 saturated carbocycles. The summed E-state index contributed by atoms with van der Waals surface area (Å²) in [5.74, 6) is -0.766. The third kappa shape index (κ3) is 6.57. The Hall–Kier alpha value is -3.83. The molecule has 4 aromatic rings. The molecule has 0 saturated heterocycles. The van der Waals surface area contributed by atoms with Gasteiger partial charge < -0.3 is 10.1 Å². The van der Waals surface area contributed by atoms with Gasteiger partial charge in [-0.3, -0.25) is 14.9 Å². The summed E-state index contributed by atoms with van der Waals surface area (Å²) in [7, 11) is -3.83. The van der Waals surface area contributed by atoms with Crippen LogP contribution in [0.1, 0.15) is 16.7 Å². The molecule has 1 aliphatic heterocycles. The first-order chi connectivity index (χ1) is 19.6. The molecule has 8 nitrogen and oxygen atoms in total. The van der Waals surface area contributed by atoms with E-state index in [1.54, 1.807) is 30.3 Å². The van der Waals surface area contributed by atoms with E-state index in [0.29, 0.717) is 21.7 Å². The monoisotopic (exact) mass is 626 g/mol. The second-order valence-corrected chi connectivity index (χ2v) is 12.8. The van der Waals surface area contributed by atoms with Crippen molar-refractivity contribution in [3.63, 3.8) is 0 Å². The molecule has 0 atom stereocenters. The number of rotatable bonds is 8. The zero-order valence-electron chi connectivity index (χ0n) is 21.0. The normalized spacial score (nSPS) is 13.9. The van der Waals surface area contributed by atoms with Gasteiger partial charge in [0.15, 0.2) is 15.6 Å². The fraction of sp³-hybridized carbons (Fsp3) is 0.0690. The first-order valence-corrected chi connectivity index (χ1v) is 15.3. The average Bonchev–Trinajstić information content (AvgIpc) is 2.95. The summed E-state index contributed by atoms with van der Waals surface area (Å²) >= 11 is 13.4. The van der Waals surface area contributed by atoms with Gasteiger partial charge in [0.05, 0.1) is 26.2 Å². The van der Waals surface area contributed by atoms with Crippen molar-refractivity contribution in [1.82, 2.24) is 0 Å². The van der Waals surface area contributed by atoms with Crippen LogP contribution in [0.15, 0.2) is 99.6 Å². The Morgan fingerprint density at radius 2 is 1.68 bits per heavy atom. The van der Waals surface area contributed by atoms with E-state index in [1.165, 1.54) is 30.3 Å². The quantitative estimate of drug-likeness (QED) is 0.122. The van der Waals surface area contributed by atoms with Gasteiger partial charge in [-0.1, -0.05) is 77.4 Å². The highest BCUT2D eigenvalue weighted by molar-refractivity contribution is 8.04. The van der Waals surface area contributed by atoms with E-state index in [4.69, 9.17) is 27.9 Å². The zero-order chi connectivity index (χ0) is 29.1. The minimum Gasteiger partial charge on any atom is -0.482 e. The molecular weight excluding hydrogens is 607 g/mol. The topological polar surface area (TPSA) is 116 Å². The molecule has 0 fully saturated rings. The van der Waals surface area contributed by atoms with Gasteiger partial charge in [-0.2, -0.15) is 0 Å². The van der Waals surface area contributed by atoms with Crippen molar-refractivity contribution in [2.75, 3.05) is 5.32 Å². The van der Waals surface area contributed by atoms with E-state index in [0.717, 1.165) is 17.3 Å². The SMILES string of the molecule is O=C1Nc2cc(S(=O)(=O)Cc3c(Cl)cccc3Cl)ccc2SC1=Cc1ccc(OCc2ccccc2)c([N+](=O)[O-])c1. The van der Waals surface area contributed by atoms with Crippen molar-refractivity contribution in [2.45, 2.75) is 22.2 Å². The molecular formula is C29H20Cl2N2O6S2.